The normalized spacial score (nSPS) is 10.4. The van der Waals surface area contributed by atoms with Crippen LogP contribution in [-0.2, 0) is 0 Å². The van der Waals surface area contributed by atoms with Crippen molar-refractivity contribution in [1.82, 2.24) is 9.97 Å². The van der Waals surface area contributed by atoms with Gasteiger partial charge in [0.2, 0.25) is 5.95 Å². The fourth-order valence-electron chi connectivity index (χ4n) is 1.24. The van der Waals surface area contributed by atoms with Crippen LogP contribution in [0.2, 0.25) is 0 Å². The molecular weight excluding hydrogens is 260 g/mol. The Kier molecular flexibility index (Phi) is 3.58. The van der Waals surface area contributed by atoms with Crippen LogP contribution in [0.3, 0.4) is 0 Å². The number of hydrogen-bond donors (Lipinski definition) is 3. The molecule has 0 unspecified atom stereocenters. The Labute approximate surface area is 106 Å². The topological polar surface area (TPSA) is 89.8 Å². The quantitative estimate of drug-likeness (QED) is 0.447. The number of hydrogen-bond acceptors (Lipinski definition) is 6. The van der Waals surface area contributed by atoms with E-state index in [4.69, 9.17) is 11.6 Å². The number of halogens is 2. The zero-order valence-electron chi connectivity index (χ0n) is 9.02. The first-order valence-electron chi connectivity index (χ1n) is 4.82. The van der Waals surface area contributed by atoms with Gasteiger partial charge in [-0.15, -0.1) is 0 Å². The molecule has 0 atom stereocenters. The van der Waals surface area contributed by atoms with Crippen LogP contribution in [-0.4, -0.2) is 9.97 Å². The molecule has 18 heavy (non-hydrogen) atoms. The second-order valence-electron chi connectivity index (χ2n) is 3.27. The SMILES string of the molecule is NNc1cc(Sc2cc(F)ccc2F)nc(N)n1. The van der Waals surface area contributed by atoms with Crippen LogP contribution >= 0.6 is 11.8 Å². The highest BCUT2D eigenvalue weighted by molar-refractivity contribution is 7.99. The minimum atomic E-state index is -0.541. The molecule has 1 heterocycles. The second kappa shape index (κ2) is 5.15. The van der Waals surface area contributed by atoms with E-state index >= 15 is 0 Å². The van der Waals surface area contributed by atoms with E-state index in [-0.39, 0.29) is 10.8 Å². The number of rotatable bonds is 3. The summed E-state index contributed by atoms with van der Waals surface area (Å²) in [5, 5.41) is 0.361. The average Bonchev–Trinajstić information content (AvgIpc) is 2.33. The molecule has 8 heteroatoms. The number of hydrazine groups is 1. The van der Waals surface area contributed by atoms with Crippen LogP contribution in [0.25, 0.3) is 0 Å². The van der Waals surface area contributed by atoms with Gasteiger partial charge in [0.1, 0.15) is 22.5 Å². The summed E-state index contributed by atoms with van der Waals surface area (Å²) in [5.74, 6) is 4.41. The Hall–Kier alpha value is -1.93. The molecule has 94 valence electrons. The van der Waals surface area contributed by atoms with Gasteiger partial charge in [0.05, 0.1) is 4.90 Å². The van der Waals surface area contributed by atoms with Crippen molar-refractivity contribution in [3.63, 3.8) is 0 Å². The number of nitrogen functional groups attached to an aromatic ring is 2. The number of anilines is 2. The third-order valence-electron chi connectivity index (χ3n) is 1.98. The summed E-state index contributed by atoms with van der Waals surface area (Å²) in [4.78, 5) is 7.78. The molecule has 0 spiro atoms. The first kappa shape index (κ1) is 12.5. The van der Waals surface area contributed by atoms with Gasteiger partial charge in [-0.25, -0.2) is 19.6 Å². The lowest BCUT2D eigenvalue weighted by Gasteiger charge is -2.05. The number of nitrogens with two attached hydrogens (primary N) is 2. The zero-order valence-corrected chi connectivity index (χ0v) is 9.84. The van der Waals surface area contributed by atoms with Crippen LogP contribution in [0, 0.1) is 11.6 Å². The molecule has 0 aliphatic carbocycles. The van der Waals surface area contributed by atoms with E-state index in [9.17, 15) is 8.78 Å². The molecule has 2 aromatic rings. The van der Waals surface area contributed by atoms with Gasteiger partial charge >= 0.3 is 0 Å². The van der Waals surface area contributed by atoms with Gasteiger partial charge in [0.15, 0.2) is 0 Å². The van der Waals surface area contributed by atoms with Gasteiger partial charge in [-0.2, -0.15) is 4.98 Å². The van der Waals surface area contributed by atoms with Crippen molar-refractivity contribution in [2.45, 2.75) is 9.92 Å². The maximum Gasteiger partial charge on any atom is 0.223 e. The van der Waals surface area contributed by atoms with Crippen LogP contribution in [0.1, 0.15) is 0 Å². The lowest BCUT2D eigenvalue weighted by molar-refractivity contribution is 0.577. The highest BCUT2D eigenvalue weighted by atomic mass is 32.2. The number of benzene rings is 1. The molecule has 0 saturated heterocycles. The smallest absolute Gasteiger partial charge is 0.223 e. The minimum Gasteiger partial charge on any atom is -0.368 e. The summed E-state index contributed by atoms with van der Waals surface area (Å²) in [6.45, 7) is 0. The van der Waals surface area contributed by atoms with E-state index < -0.39 is 11.6 Å². The van der Waals surface area contributed by atoms with E-state index in [1.165, 1.54) is 6.07 Å². The van der Waals surface area contributed by atoms with Crippen LogP contribution in [0.5, 0.6) is 0 Å². The third-order valence-corrected chi connectivity index (χ3v) is 2.93. The molecule has 5 N–H and O–H groups in total. The van der Waals surface area contributed by atoms with Crippen molar-refractivity contribution in [3.05, 3.63) is 35.9 Å². The van der Waals surface area contributed by atoms with Crippen molar-refractivity contribution in [2.24, 2.45) is 5.84 Å². The summed E-state index contributed by atoms with van der Waals surface area (Å²) < 4.78 is 26.4. The monoisotopic (exact) mass is 269 g/mol. The molecule has 0 saturated carbocycles. The number of aromatic nitrogens is 2. The van der Waals surface area contributed by atoms with E-state index in [0.29, 0.717) is 10.8 Å². The molecule has 0 radical (unpaired) electrons. The fraction of sp³-hybridized carbons (Fsp3) is 0. The Morgan fingerprint density at radius 2 is 1.94 bits per heavy atom. The highest BCUT2D eigenvalue weighted by Crippen LogP contribution is 2.30. The molecule has 5 nitrogen and oxygen atoms in total. The Bertz CT molecular complexity index is 578. The Balaban J connectivity index is 2.33. The maximum atomic E-state index is 13.4. The molecule has 0 aliphatic heterocycles. The van der Waals surface area contributed by atoms with Crippen LogP contribution in [0.4, 0.5) is 20.5 Å². The Morgan fingerprint density at radius 3 is 2.67 bits per heavy atom. The molecule has 1 aromatic carbocycles. The number of nitrogens with one attached hydrogen (secondary N) is 1. The maximum absolute atomic E-state index is 13.4. The van der Waals surface area contributed by atoms with Crippen LogP contribution < -0.4 is 17.0 Å². The molecular formula is C10H9F2N5S. The standard InChI is InChI=1S/C10H9F2N5S/c11-5-1-2-6(12)7(3-5)18-9-4-8(17-14)15-10(13)16-9/h1-4H,14H2,(H3,13,15,16,17). The summed E-state index contributed by atoms with van der Waals surface area (Å²) in [5.41, 5.74) is 7.77. The summed E-state index contributed by atoms with van der Waals surface area (Å²) >= 11 is 0.930. The summed E-state index contributed by atoms with van der Waals surface area (Å²) in [7, 11) is 0. The summed E-state index contributed by atoms with van der Waals surface area (Å²) in [6.07, 6.45) is 0. The van der Waals surface area contributed by atoms with Gasteiger partial charge < -0.3 is 11.2 Å². The van der Waals surface area contributed by atoms with Gasteiger partial charge in [0.25, 0.3) is 0 Å². The zero-order chi connectivity index (χ0) is 13.1. The lowest BCUT2D eigenvalue weighted by atomic mass is 10.3. The largest absolute Gasteiger partial charge is 0.368 e. The van der Waals surface area contributed by atoms with E-state index in [1.54, 1.807) is 0 Å². The minimum absolute atomic E-state index is 0.00948. The van der Waals surface area contributed by atoms with Crippen molar-refractivity contribution in [1.29, 1.82) is 0 Å². The van der Waals surface area contributed by atoms with E-state index in [0.717, 1.165) is 30.0 Å². The van der Waals surface area contributed by atoms with Crippen LogP contribution in [0.15, 0.2) is 34.2 Å². The van der Waals surface area contributed by atoms with Crippen molar-refractivity contribution < 1.29 is 8.78 Å². The molecule has 0 fully saturated rings. The van der Waals surface area contributed by atoms with Gasteiger partial charge in [-0.1, -0.05) is 11.8 Å². The van der Waals surface area contributed by atoms with Crippen molar-refractivity contribution in [3.8, 4) is 0 Å². The van der Waals surface area contributed by atoms with E-state index in [2.05, 4.69) is 15.4 Å². The molecule has 0 aliphatic rings. The lowest BCUT2D eigenvalue weighted by Crippen LogP contribution is -2.10. The van der Waals surface area contributed by atoms with E-state index in [1.807, 2.05) is 0 Å². The Morgan fingerprint density at radius 1 is 1.17 bits per heavy atom. The summed E-state index contributed by atoms with van der Waals surface area (Å²) in [6, 6.07) is 4.64. The second-order valence-corrected chi connectivity index (χ2v) is 4.33. The van der Waals surface area contributed by atoms with Gasteiger partial charge in [-0.3, -0.25) is 0 Å². The van der Waals surface area contributed by atoms with Crippen molar-refractivity contribution in [2.75, 3.05) is 11.2 Å². The third kappa shape index (κ3) is 2.84. The molecule has 2 rings (SSSR count). The molecule has 0 amide bonds. The first-order chi connectivity index (χ1) is 8.58. The average molecular weight is 269 g/mol. The molecule has 1 aromatic heterocycles. The fourth-order valence-corrected chi connectivity index (χ4v) is 2.11. The molecule has 0 bridgehead atoms. The first-order valence-corrected chi connectivity index (χ1v) is 5.64. The predicted molar refractivity (Wildman–Crippen MR) is 64.7 cm³/mol. The highest BCUT2D eigenvalue weighted by Gasteiger charge is 2.09. The van der Waals surface area contributed by atoms with Crippen molar-refractivity contribution >= 4 is 23.5 Å². The number of nitrogens with zero attached hydrogens (tertiary/aromatic N) is 2. The van der Waals surface area contributed by atoms with Gasteiger partial charge in [-0.05, 0) is 18.2 Å². The van der Waals surface area contributed by atoms with Gasteiger partial charge in [0, 0.05) is 6.07 Å². The predicted octanol–water partition coefficient (Wildman–Crippen LogP) is 1.77.